The summed E-state index contributed by atoms with van der Waals surface area (Å²) in [6, 6.07) is 4.64. The highest BCUT2D eigenvalue weighted by Crippen LogP contribution is 2.28. The van der Waals surface area contributed by atoms with Crippen LogP contribution < -0.4 is 0 Å². The predicted octanol–water partition coefficient (Wildman–Crippen LogP) is 3.59. The van der Waals surface area contributed by atoms with E-state index in [1.54, 1.807) is 28.1 Å². The molecule has 7 heteroatoms. The average Bonchev–Trinajstić information content (AvgIpc) is 2.94. The Hall–Kier alpha value is -1.73. The van der Waals surface area contributed by atoms with E-state index in [2.05, 4.69) is 20.9 Å². The largest absolute Gasteiger partial charge is 0.481 e. The number of aliphatic carboxylic acids is 1. The fourth-order valence-electron chi connectivity index (χ4n) is 1.94. The normalized spacial score (nSPS) is 11.1. The Kier molecular flexibility index (Phi) is 3.31. The molecule has 0 atom stereocenters. The Labute approximate surface area is 125 Å². The van der Waals surface area contributed by atoms with Crippen molar-refractivity contribution in [2.24, 2.45) is 0 Å². The molecule has 20 heavy (non-hydrogen) atoms. The maximum absolute atomic E-state index is 13.8. The number of imidazole rings is 1. The molecule has 0 amide bonds. The van der Waals surface area contributed by atoms with Crippen LogP contribution in [-0.2, 0) is 11.2 Å². The van der Waals surface area contributed by atoms with Crippen molar-refractivity contribution < 1.29 is 14.3 Å². The molecule has 0 fully saturated rings. The molecule has 0 spiro atoms. The second-order valence-electron chi connectivity index (χ2n) is 4.20. The molecular formula is C13H8BrFN2O2S. The van der Waals surface area contributed by atoms with E-state index in [-0.39, 0.29) is 12.2 Å². The monoisotopic (exact) mass is 354 g/mol. The summed E-state index contributed by atoms with van der Waals surface area (Å²) in [5.41, 5.74) is 1.51. The molecule has 0 radical (unpaired) electrons. The number of nitrogens with zero attached hydrogens (tertiary/aromatic N) is 2. The predicted molar refractivity (Wildman–Crippen MR) is 77.5 cm³/mol. The number of carbonyl (C=O) groups is 1. The molecule has 2 heterocycles. The standard InChI is InChI=1S/C13H8BrFN2O2S/c14-7-1-2-10(15)9(3-7)11-5-17-8(4-12(18)19)6-20-13(17)16-11/h1-3,5-6H,4H2,(H,18,19). The van der Waals surface area contributed by atoms with Crippen LogP contribution in [0.25, 0.3) is 16.2 Å². The van der Waals surface area contributed by atoms with Crippen molar-refractivity contribution in [1.29, 1.82) is 0 Å². The molecule has 1 aromatic carbocycles. The van der Waals surface area contributed by atoms with E-state index < -0.39 is 5.97 Å². The van der Waals surface area contributed by atoms with Crippen LogP contribution in [-0.4, -0.2) is 20.5 Å². The van der Waals surface area contributed by atoms with Crippen LogP contribution in [0.5, 0.6) is 0 Å². The zero-order chi connectivity index (χ0) is 14.3. The van der Waals surface area contributed by atoms with Gasteiger partial charge < -0.3 is 5.11 Å². The molecule has 0 aliphatic rings. The van der Waals surface area contributed by atoms with E-state index in [1.165, 1.54) is 17.4 Å². The Morgan fingerprint density at radius 2 is 2.30 bits per heavy atom. The highest BCUT2D eigenvalue weighted by atomic mass is 79.9. The lowest BCUT2D eigenvalue weighted by Crippen LogP contribution is -2.02. The van der Waals surface area contributed by atoms with Gasteiger partial charge in [0.05, 0.1) is 12.1 Å². The molecule has 102 valence electrons. The summed E-state index contributed by atoms with van der Waals surface area (Å²) < 4.78 is 16.3. The molecule has 2 aromatic heterocycles. The SMILES string of the molecule is O=C(O)Cc1csc2nc(-c3cc(Br)ccc3F)cn12. The first-order chi connectivity index (χ1) is 9.54. The van der Waals surface area contributed by atoms with Crippen molar-refractivity contribution >= 4 is 38.2 Å². The molecule has 3 rings (SSSR count). The Morgan fingerprint density at radius 3 is 3.05 bits per heavy atom. The summed E-state index contributed by atoms with van der Waals surface area (Å²) >= 11 is 4.63. The molecule has 0 saturated heterocycles. The van der Waals surface area contributed by atoms with E-state index in [0.717, 1.165) is 4.47 Å². The number of carboxylic acids is 1. The number of aromatic nitrogens is 2. The van der Waals surface area contributed by atoms with Crippen LogP contribution in [0, 0.1) is 5.82 Å². The third kappa shape index (κ3) is 2.34. The van der Waals surface area contributed by atoms with Crippen LogP contribution in [0.3, 0.4) is 0 Å². The number of halogens is 2. The second-order valence-corrected chi connectivity index (χ2v) is 5.95. The summed E-state index contributed by atoms with van der Waals surface area (Å²) in [7, 11) is 0. The molecule has 0 saturated carbocycles. The molecule has 3 aromatic rings. The van der Waals surface area contributed by atoms with Gasteiger partial charge in [-0.3, -0.25) is 9.20 Å². The maximum atomic E-state index is 13.8. The Morgan fingerprint density at radius 1 is 1.50 bits per heavy atom. The highest BCUT2D eigenvalue weighted by Gasteiger charge is 2.14. The van der Waals surface area contributed by atoms with Gasteiger partial charge in [-0.1, -0.05) is 15.9 Å². The number of benzene rings is 1. The van der Waals surface area contributed by atoms with Crippen molar-refractivity contribution in [3.63, 3.8) is 0 Å². The maximum Gasteiger partial charge on any atom is 0.309 e. The van der Waals surface area contributed by atoms with Crippen molar-refractivity contribution in [2.75, 3.05) is 0 Å². The molecule has 4 nitrogen and oxygen atoms in total. The van der Waals surface area contributed by atoms with Gasteiger partial charge in [0.15, 0.2) is 4.96 Å². The molecule has 1 N–H and O–H groups in total. The first-order valence-electron chi connectivity index (χ1n) is 5.67. The topological polar surface area (TPSA) is 54.6 Å². The zero-order valence-corrected chi connectivity index (χ0v) is 12.4. The summed E-state index contributed by atoms with van der Waals surface area (Å²) in [4.78, 5) is 15.8. The van der Waals surface area contributed by atoms with Gasteiger partial charge in [0.2, 0.25) is 0 Å². The average molecular weight is 355 g/mol. The van der Waals surface area contributed by atoms with Crippen LogP contribution >= 0.6 is 27.3 Å². The number of hydrogen-bond acceptors (Lipinski definition) is 3. The highest BCUT2D eigenvalue weighted by molar-refractivity contribution is 9.10. The Balaban J connectivity index is 2.11. The van der Waals surface area contributed by atoms with E-state index in [1.807, 2.05) is 0 Å². The van der Waals surface area contributed by atoms with E-state index >= 15 is 0 Å². The van der Waals surface area contributed by atoms with Gasteiger partial charge in [-0.2, -0.15) is 0 Å². The van der Waals surface area contributed by atoms with Crippen molar-refractivity contribution in [3.05, 3.63) is 45.8 Å². The summed E-state index contributed by atoms with van der Waals surface area (Å²) in [6.07, 6.45) is 1.58. The molecule has 0 aliphatic heterocycles. The van der Waals surface area contributed by atoms with E-state index in [9.17, 15) is 9.18 Å². The lowest BCUT2D eigenvalue weighted by atomic mass is 10.1. The van der Waals surface area contributed by atoms with Crippen LogP contribution in [0.15, 0.2) is 34.2 Å². The van der Waals surface area contributed by atoms with E-state index in [0.29, 0.717) is 21.9 Å². The summed E-state index contributed by atoms with van der Waals surface area (Å²) in [6.45, 7) is 0. The Bertz CT molecular complexity index is 812. The van der Waals surface area contributed by atoms with Crippen LogP contribution in [0.1, 0.15) is 5.69 Å². The third-order valence-corrected chi connectivity index (χ3v) is 4.20. The third-order valence-electron chi connectivity index (χ3n) is 2.82. The van der Waals surface area contributed by atoms with Gasteiger partial charge in [-0.15, -0.1) is 11.3 Å². The fraction of sp³-hybridized carbons (Fsp3) is 0.0769. The van der Waals surface area contributed by atoms with Gasteiger partial charge in [0, 0.05) is 27.3 Å². The lowest BCUT2D eigenvalue weighted by Gasteiger charge is -1.99. The van der Waals surface area contributed by atoms with Crippen LogP contribution in [0.4, 0.5) is 4.39 Å². The van der Waals surface area contributed by atoms with Crippen molar-refractivity contribution in [2.45, 2.75) is 6.42 Å². The first kappa shape index (κ1) is 13.3. The van der Waals surface area contributed by atoms with Gasteiger partial charge in [0.1, 0.15) is 5.82 Å². The van der Waals surface area contributed by atoms with Crippen LogP contribution in [0.2, 0.25) is 0 Å². The summed E-state index contributed by atoms with van der Waals surface area (Å²) in [5.74, 6) is -1.27. The molecular weight excluding hydrogens is 347 g/mol. The van der Waals surface area contributed by atoms with Gasteiger partial charge in [-0.05, 0) is 18.2 Å². The smallest absolute Gasteiger partial charge is 0.309 e. The molecule has 0 unspecified atom stereocenters. The van der Waals surface area contributed by atoms with E-state index in [4.69, 9.17) is 5.11 Å². The quantitative estimate of drug-likeness (QED) is 0.781. The van der Waals surface area contributed by atoms with Gasteiger partial charge >= 0.3 is 5.97 Å². The fourth-order valence-corrected chi connectivity index (χ4v) is 3.17. The number of carboxylic acid groups (broad SMARTS) is 1. The number of thiazole rings is 1. The minimum absolute atomic E-state index is 0.0865. The van der Waals surface area contributed by atoms with Crippen molar-refractivity contribution in [1.82, 2.24) is 9.38 Å². The van der Waals surface area contributed by atoms with Crippen molar-refractivity contribution in [3.8, 4) is 11.3 Å². The second kappa shape index (κ2) is 4.99. The minimum Gasteiger partial charge on any atom is -0.481 e. The summed E-state index contributed by atoms with van der Waals surface area (Å²) in [5, 5.41) is 10.6. The van der Waals surface area contributed by atoms with Gasteiger partial charge in [0.25, 0.3) is 0 Å². The zero-order valence-electron chi connectivity index (χ0n) is 10.0. The number of hydrogen-bond donors (Lipinski definition) is 1. The molecule has 0 bridgehead atoms. The van der Waals surface area contributed by atoms with Gasteiger partial charge in [-0.25, -0.2) is 9.37 Å². The first-order valence-corrected chi connectivity index (χ1v) is 7.34. The number of fused-ring (bicyclic) bond motifs is 1. The lowest BCUT2D eigenvalue weighted by molar-refractivity contribution is -0.136. The minimum atomic E-state index is -0.909. The number of rotatable bonds is 3. The molecule has 0 aliphatic carbocycles.